The summed E-state index contributed by atoms with van der Waals surface area (Å²) in [7, 11) is 1.91. The van der Waals surface area contributed by atoms with Crippen molar-refractivity contribution >= 4 is 44.7 Å². The highest BCUT2D eigenvalue weighted by atomic mass is 32.1. The van der Waals surface area contributed by atoms with Gasteiger partial charge in [0.15, 0.2) is 11.6 Å². The standard InChI is InChI=1S/C26H19FN4O2S2/c1-31-14-20(29-15-31)23-13-19-25(35-23)22(9-10-28-19)33-21-8-7-17(12-18(21)27)26(34)30-24(32)11-16-5-3-2-4-6-16/h2-10,12-15H,11H2,1H3,(H,30,32,34). The highest BCUT2D eigenvalue weighted by Gasteiger charge is 2.15. The van der Waals surface area contributed by atoms with E-state index in [1.54, 1.807) is 24.7 Å². The molecular weight excluding hydrogens is 483 g/mol. The van der Waals surface area contributed by atoms with Crippen LogP contribution in [0.4, 0.5) is 4.39 Å². The van der Waals surface area contributed by atoms with Gasteiger partial charge >= 0.3 is 0 Å². The number of imidazole rings is 1. The summed E-state index contributed by atoms with van der Waals surface area (Å²) in [6.45, 7) is 0. The molecule has 2 aromatic carbocycles. The predicted molar refractivity (Wildman–Crippen MR) is 138 cm³/mol. The van der Waals surface area contributed by atoms with Gasteiger partial charge in [-0.05, 0) is 29.8 Å². The fourth-order valence-electron chi connectivity index (χ4n) is 3.53. The number of pyridine rings is 1. The second-order valence-electron chi connectivity index (χ2n) is 7.85. The van der Waals surface area contributed by atoms with Crippen LogP contribution >= 0.6 is 23.6 Å². The lowest BCUT2D eigenvalue weighted by Crippen LogP contribution is -2.31. The molecule has 6 nitrogen and oxygen atoms in total. The highest BCUT2D eigenvalue weighted by Crippen LogP contribution is 2.39. The number of fused-ring (bicyclic) bond motifs is 1. The number of rotatable bonds is 6. The number of aryl methyl sites for hydroxylation is 1. The van der Waals surface area contributed by atoms with Crippen LogP contribution < -0.4 is 10.1 Å². The number of nitrogens with zero attached hydrogens (tertiary/aromatic N) is 3. The zero-order chi connectivity index (χ0) is 24.4. The van der Waals surface area contributed by atoms with Crippen molar-refractivity contribution in [2.45, 2.75) is 6.42 Å². The first-order valence-corrected chi connectivity index (χ1v) is 11.9. The van der Waals surface area contributed by atoms with E-state index in [9.17, 15) is 9.18 Å². The number of carbonyl (C=O) groups excluding carboxylic acids is 1. The van der Waals surface area contributed by atoms with Crippen molar-refractivity contribution in [3.63, 3.8) is 0 Å². The lowest BCUT2D eigenvalue weighted by atomic mass is 10.1. The van der Waals surface area contributed by atoms with Crippen LogP contribution in [0.15, 0.2) is 79.4 Å². The fraction of sp³-hybridized carbons (Fsp3) is 0.0769. The third kappa shape index (κ3) is 5.11. The van der Waals surface area contributed by atoms with Crippen LogP contribution in [0, 0.1) is 5.82 Å². The number of thiocarbonyl (C=S) groups is 1. The molecule has 174 valence electrons. The van der Waals surface area contributed by atoms with Gasteiger partial charge in [0.1, 0.15) is 10.7 Å². The van der Waals surface area contributed by atoms with Crippen molar-refractivity contribution in [2.75, 3.05) is 0 Å². The van der Waals surface area contributed by atoms with E-state index in [-0.39, 0.29) is 23.1 Å². The number of benzene rings is 2. The molecule has 0 bridgehead atoms. The summed E-state index contributed by atoms with van der Waals surface area (Å²) < 4.78 is 23.5. The van der Waals surface area contributed by atoms with Gasteiger partial charge in [0, 0.05) is 31.1 Å². The first-order chi connectivity index (χ1) is 17.0. The van der Waals surface area contributed by atoms with E-state index >= 15 is 0 Å². The molecule has 5 rings (SSSR count). The number of aromatic nitrogens is 3. The second kappa shape index (κ2) is 9.73. The molecule has 3 heterocycles. The molecule has 0 spiro atoms. The maximum absolute atomic E-state index is 14.9. The third-order valence-corrected chi connectivity index (χ3v) is 6.71. The molecule has 35 heavy (non-hydrogen) atoms. The van der Waals surface area contributed by atoms with Gasteiger partial charge in [-0.2, -0.15) is 0 Å². The first kappa shape index (κ1) is 22.8. The minimum atomic E-state index is -0.589. The minimum absolute atomic E-state index is 0.0486. The van der Waals surface area contributed by atoms with Gasteiger partial charge in [-0.1, -0.05) is 42.5 Å². The SMILES string of the molecule is Cn1cnc(-c2cc3nccc(Oc4ccc(C(=S)NC(=O)Cc5ccccc5)cc4F)c3s2)c1. The van der Waals surface area contributed by atoms with E-state index in [2.05, 4.69) is 15.3 Å². The Labute approximate surface area is 210 Å². The Bertz CT molecular complexity index is 1550. The molecule has 3 aromatic heterocycles. The highest BCUT2D eigenvalue weighted by molar-refractivity contribution is 7.80. The van der Waals surface area contributed by atoms with Gasteiger partial charge in [0.05, 0.1) is 33.5 Å². The summed E-state index contributed by atoms with van der Waals surface area (Å²) in [4.78, 5) is 22.2. The van der Waals surface area contributed by atoms with Crippen LogP contribution in [0.5, 0.6) is 11.5 Å². The number of halogens is 1. The number of hydrogen-bond donors (Lipinski definition) is 1. The maximum Gasteiger partial charge on any atom is 0.229 e. The second-order valence-corrected chi connectivity index (χ2v) is 9.31. The average molecular weight is 503 g/mol. The fourth-order valence-corrected chi connectivity index (χ4v) is 4.80. The molecule has 0 atom stereocenters. The van der Waals surface area contributed by atoms with Gasteiger partial charge in [-0.3, -0.25) is 9.78 Å². The molecule has 5 aromatic rings. The molecule has 1 amide bonds. The van der Waals surface area contributed by atoms with Crippen molar-refractivity contribution in [3.8, 4) is 22.1 Å². The van der Waals surface area contributed by atoms with Crippen molar-refractivity contribution in [2.24, 2.45) is 7.05 Å². The van der Waals surface area contributed by atoms with Gasteiger partial charge < -0.3 is 14.6 Å². The summed E-state index contributed by atoms with van der Waals surface area (Å²) in [5, 5.41) is 2.66. The predicted octanol–water partition coefficient (Wildman–Crippen LogP) is 5.66. The Morgan fingerprint density at radius 3 is 2.69 bits per heavy atom. The number of thiophene rings is 1. The quantitative estimate of drug-likeness (QED) is 0.303. The number of ether oxygens (including phenoxy) is 1. The van der Waals surface area contributed by atoms with E-state index in [0.29, 0.717) is 11.3 Å². The van der Waals surface area contributed by atoms with Crippen LogP contribution in [0.25, 0.3) is 20.8 Å². The molecular formula is C26H19FN4O2S2. The summed E-state index contributed by atoms with van der Waals surface area (Å²) in [6.07, 6.45) is 5.46. The number of amides is 1. The van der Waals surface area contributed by atoms with Crippen LogP contribution in [0.2, 0.25) is 0 Å². The Kier molecular flexibility index (Phi) is 6.35. The third-order valence-electron chi connectivity index (χ3n) is 5.21. The first-order valence-electron chi connectivity index (χ1n) is 10.7. The van der Waals surface area contributed by atoms with E-state index < -0.39 is 5.82 Å². The smallest absolute Gasteiger partial charge is 0.229 e. The molecule has 0 fully saturated rings. The topological polar surface area (TPSA) is 69.0 Å². The van der Waals surface area contributed by atoms with Crippen molar-refractivity contribution in [1.29, 1.82) is 0 Å². The summed E-state index contributed by atoms with van der Waals surface area (Å²) in [6, 6.07) is 17.3. The molecule has 0 saturated carbocycles. The van der Waals surface area contributed by atoms with Gasteiger partial charge in [0.25, 0.3) is 0 Å². The molecule has 0 aliphatic carbocycles. The maximum atomic E-state index is 14.9. The van der Waals surface area contributed by atoms with Crippen molar-refractivity contribution in [1.82, 2.24) is 19.9 Å². The van der Waals surface area contributed by atoms with E-state index in [4.69, 9.17) is 17.0 Å². The Hall–Kier alpha value is -3.95. The lowest BCUT2D eigenvalue weighted by Gasteiger charge is -2.11. The van der Waals surface area contributed by atoms with Crippen LogP contribution in [0.1, 0.15) is 11.1 Å². The summed E-state index contributed by atoms with van der Waals surface area (Å²) in [5.74, 6) is -0.309. The Morgan fingerprint density at radius 2 is 1.94 bits per heavy atom. The van der Waals surface area contributed by atoms with Crippen LogP contribution in [-0.2, 0) is 18.3 Å². The molecule has 0 aliphatic rings. The van der Waals surface area contributed by atoms with Crippen molar-refractivity contribution in [3.05, 3.63) is 96.3 Å². The molecule has 1 N–H and O–H groups in total. The molecule has 0 aliphatic heterocycles. The van der Waals surface area contributed by atoms with Gasteiger partial charge in [-0.25, -0.2) is 9.37 Å². The normalized spacial score (nSPS) is 10.9. The van der Waals surface area contributed by atoms with Crippen molar-refractivity contribution < 1.29 is 13.9 Å². The largest absolute Gasteiger partial charge is 0.453 e. The van der Waals surface area contributed by atoms with Gasteiger partial charge in [-0.15, -0.1) is 11.3 Å². The van der Waals surface area contributed by atoms with Crippen LogP contribution in [-0.4, -0.2) is 25.4 Å². The Balaban J connectivity index is 1.32. The zero-order valence-electron chi connectivity index (χ0n) is 18.6. The average Bonchev–Trinajstić information content (AvgIpc) is 3.47. The van der Waals surface area contributed by atoms with E-state index in [1.165, 1.54) is 23.5 Å². The minimum Gasteiger partial charge on any atom is -0.453 e. The number of hydrogen-bond acceptors (Lipinski definition) is 6. The molecule has 0 unspecified atom stereocenters. The molecule has 0 radical (unpaired) electrons. The number of carbonyl (C=O) groups is 1. The van der Waals surface area contributed by atoms with E-state index in [0.717, 1.165) is 26.4 Å². The monoisotopic (exact) mass is 502 g/mol. The summed E-state index contributed by atoms with van der Waals surface area (Å²) >= 11 is 6.78. The lowest BCUT2D eigenvalue weighted by molar-refractivity contribution is -0.119. The van der Waals surface area contributed by atoms with Gasteiger partial charge in [0.2, 0.25) is 5.91 Å². The Morgan fingerprint density at radius 1 is 1.11 bits per heavy atom. The van der Waals surface area contributed by atoms with Crippen LogP contribution in [0.3, 0.4) is 0 Å². The number of nitrogens with one attached hydrogen (secondary N) is 1. The zero-order valence-corrected chi connectivity index (χ0v) is 20.2. The molecule has 9 heteroatoms. The van der Waals surface area contributed by atoms with E-state index in [1.807, 2.05) is 54.2 Å². The molecule has 0 saturated heterocycles. The summed E-state index contributed by atoms with van der Waals surface area (Å²) in [5.41, 5.74) is 2.83.